The lowest BCUT2D eigenvalue weighted by Gasteiger charge is -2.41. The van der Waals surface area contributed by atoms with Gasteiger partial charge in [0.25, 0.3) is 0 Å². The number of esters is 1. The highest BCUT2D eigenvalue weighted by Gasteiger charge is 2.51. The molecule has 60 heavy (non-hydrogen) atoms. The minimum atomic E-state index is -5.01. The van der Waals surface area contributed by atoms with Crippen LogP contribution in [-0.4, -0.2) is 98.9 Å². The van der Waals surface area contributed by atoms with Crippen molar-refractivity contribution in [3.8, 4) is 0 Å². The number of ether oxygens (including phenoxy) is 2. The lowest BCUT2D eigenvalue weighted by atomic mass is 9.85. The molecule has 0 aromatic carbocycles. The van der Waals surface area contributed by atoms with E-state index in [1.807, 2.05) is 0 Å². The number of hydrogen-bond donors (Lipinski definition) is 6. The number of allylic oxidation sites excluding steroid dienone is 2. The smallest absolute Gasteiger partial charge is 0.457 e. The third-order valence-corrected chi connectivity index (χ3v) is 12.6. The SMILES string of the molecule is CCCCCCC/C=C\CCCCCCCCOCC(COP(=O)(O)OC1C(O)C(O)C(O)C(O)C1O)OC(=O)CCCCCCCCCCCCCCCCCCCC. The first-order chi connectivity index (χ1) is 29.0. The first-order valence-corrected chi connectivity index (χ1v) is 26.0. The van der Waals surface area contributed by atoms with Gasteiger partial charge in [-0.05, 0) is 38.5 Å². The second-order valence-corrected chi connectivity index (χ2v) is 18.7. The second kappa shape index (κ2) is 38.5. The van der Waals surface area contributed by atoms with E-state index in [0.29, 0.717) is 13.0 Å². The average molecular weight is 879 g/mol. The number of aliphatic hydroxyl groups is 5. The Hall–Kier alpha value is -0.920. The number of phosphoric ester groups is 1. The quantitative estimate of drug-likeness (QED) is 0.0147. The number of rotatable bonds is 42. The van der Waals surface area contributed by atoms with Gasteiger partial charge in [0, 0.05) is 13.0 Å². The lowest BCUT2D eigenvalue weighted by Crippen LogP contribution is -2.64. The zero-order chi connectivity index (χ0) is 44.1. The standard InChI is InChI=1S/C47H91O12P/c1-3-5-7-9-11-13-15-17-19-20-21-22-24-26-28-30-32-34-36-41(48)58-40(39-57-60(54,55)59-47-45(52)43(50)42(49)44(51)46(47)53)38-56-37-35-33-31-29-27-25-23-18-16-14-12-10-8-6-4-2/h16,18,40,42-47,49-53H,3-15,17,19-39H2,1-2H3,(H,54,55)/b18-16-. The summed E-state index contributed by atoms with van der Waals surface area (Å²) in [6.45, 7) is 4.27. The minimum absolute atomic E-state index is 0.0753. The van der Waals surface area contributed by atoms with Gasteiger partial charge in [0.2, 0.25) is 0 Å². The van der Waals surface area contributed by atoms with E-state index in [1.165, 1.54) is 141 Å². The molecule has 1 aliphatic rings. The van der Waals surface area contributed by atoms with Crippen molar-refractivity contribution in [1.29, 1.82) is 0 Å². The van der Waals surface area contributed by atoms with E-state index < -0.39 is 63.1 Å². The van der Waals surface area contributed by atoms with Crippen LogP contribution in [0.5, 0.6) is 0 Å². The Kier molecular flexibility index (Phi) is 36.7. The molecule has 1 fully saturated rings. The molecule has 0 heterocycles. The molecule has 1 rings (SSSR count). The fourth-order valence-electron chi connectivity index (χ4n) is 7.70. The second-order valence-electron chi connectivity index (χ2n) is 17.3. The van der Waals surface area contributed by atoms with Gasteiger partial charge in [-0.2, -0.15) is 0 Å². The van der Waals surface area contributed by atoms with Crippen molar-refractivity contribution in [2.24, 2.45) is 0 Å². The van der Waals surface area contributed by atoms with Crippen LogP contribution in [0, 0.1) is 0 Å². The highest BCUT2D eigenvalue weighted by Crippen LogP contribution is 2.47. The van der Waals surface area contributed by atoms with Crippen molar-refractivity contribution in [1.82, 2.24) is 0 Å². The van der Waals surface area contributed by atoms with Gasteiger partial charge in [-0.1, -0.05) is 187 Å². The summed E-state index contributed by atoms with van der Waals surface area (Å²) in [5.74, 6) is -0.474. The zero-order valence-corrected chi connectivity index (χ0v) is 38.9. The summed E-state index contributed by atoms with van der Waals surface area (Å²) < 4.78 is 34.2. The van der Waals surface area contributed by atoms with Gasteiger partial charge in [0.15, 0.2) is 0 Å². The first-order valence-electron chi connectivity index (χ1n) is 24.5. The molecule has 1 saturated carbocycles. The summed E-state index contributed by atoms with van der Waals surface area (Å²) in [7, 11) is -5.01. The van der Waals surface area contributed by atoms with Gasteiger partial charge in [0.1, 0.15) is 42.7 Å². The number of aliphatic hydroxyl groups excluding tert-OH is 5. The van der Waals surface area contributed by atoms with E-state index in [1.54, 1.807) is 0 Å². The number of hydrogen-bond acceptors (Lipinski definition) is 11. The number of carbonyl (C=O) groups excluding carboxylic acids is 1. The lowest BCUT2D eigenvalue weighted by molar-refractivity contribution is -0.220. The van der Waals surface area contributed by atoms with Crippen LogP contribution in [0.3, 0.4) is 0 Å². The minimum Gasteiger partial charge on any atom is -0.457 e. The van der Waals surface area contributed by atoms with Gasteiger partial charge in [0.05, 0.1) is 13.2 Å². The highest BCUT2D eigenvalue weighted by molar-refractivity contribution is 7.47. The molecule has 0 aliphatic heterocycles. The fourth-order valence-corrected chi connectivity index (χ4v) is 8.68. The van der Waals surface area contributed by atoms with Crippen molar-refractivity contribution in [3.05, 3.63) is 12.2 Å². The Bertz CT molecular complexity index is 1050. The van der Waals surface area contributed by atoms with Crippen LogP contribution >= 0.6 is 7.82 Å². The Labute approximate surface area is 365 Å². The summed E-state index contributed by atoms with van der Waals surface area (Å²) in [5, 5.41) is 50.2. The van der Waals surface area contributed by atoms with E-state index in [0.717, 1.165) is 51.4 Å². The van der Waals surface area contributed by atoms with Crippen LogP contribution < -0.4 is 0 Å². The van der Waals surface area contributed by atoms with Gasteiger partial charge >= 0.3 is 13.8 Å². The van der Waals surface area contributed by atoms with E-state index in [9.17, 15) is 39.8 Å². The maximum absolute atomic E-state index is 12.8. The van der Waals surface area contributed by atoms with Crippen LogP contribution in [0.25, 0.3) is 0 Å². The maximum Gasteiger partial charge on any atom is 0.472 e. The van der Waals surface area contributed by atoms with E-state index >= 15 is 0 Å². The summed E-state index contributed by atoms with van der Waals surface area (Å²) >= 11 is 0. The third-order valence-electron chi connectivity index (χ3n) is 11.6. The van der Waals surface area contributed by atoms with Crippen LogP contribution in [0.1, 0.15) is 219 Å². The topological polar surface area (TPSA) is 192 Å². The Morgan fingerprint density at radius 3 is 1.32 bits per heavy atom. The molecule has 12 nitrogen and oxygen atoms in total. The molecule has 0 aromatic rings. The molecule has 6 N–H and O–H groups in total. The monoisotopic (exact) mass is 879 g/mol. The highest BCUT2D eigenvalue weighted by atomic mass is 31.2. The van der Waals surface area contributed by atoms with Crippen LogP contribution in [0.4, 0.5) is 0 Å². The summed E-state index contributed by atoms with van der Waals surface area (Å²) in [6, 6.07) is 0. The van der Waals surface area contributed by atoms with E-state index in [-0.39, 0.29) is 13.0 Å². The molecule has 6 unspecified atom stereocenters. The molecular weight excluding hydrogens is 787 g/mol. The molecule has 0 amide bonds. The summed E-state index contributed by atoms with van der Waals surface area (Å²) in [5.41, 5.74) is 0. The van der Waals surface area contributed by atoms with Crippen LogP contribution in [0.2, 0.25) is 0 Å². The van der Waals surface area contributed by atoms with Gasteiger partial charge < -0.3 is 39.9 Å². The Morgan fingerprint density at radius 2 is 0.883 bits per heavy atom. The molecule has 1 aliphatic carbocycles. The number of phosphoric acid groups is 1. The van der Waals surface area contributed by atoms with E-state index in [2.05, 4.69) is 26.0 Å². The Morgan fingerprint density at radius 1 is 0.517 bits per heavy atom. The van der Waals surface area contributed by atoms with E-state index in [4.69, 9.17) is 18.5 Å². The van der Waals surface area contributed by atoms with Crippen molar-refractivity contribution < 1.29 is 58.3 Å². The average Bonchev–Trinajstić information content (AvgIpc) is 3.23. The van der Waals surface area contributed by atoms with Gasteiger partial charge in [-0.3, -0.25) is 13.8 Å². The van der Waals surface area contributed by atoms with Crippen molar-refractivity contribution in [2.75, 3.05) is 19.8 Å². The molecular formula is C47H91O12P. The van der Waals surface area contributed by atoms with Crippen molar-refractivity contribution >= 4 is 13.8 Å². The molecule has 0 spiro atoms. The largest absolute Gasteiger partial charge is 0.472 e. The zero-order valence-electron chi connectivity index (χ0n) is 38.0. The van der Waals surface area contributed by atoms with Gasteiger partial charge in [-0.15, -0.1) is 0 Å². The predicted molar refractivity (Wildman–Crippen MR) is 240 cm³/mol. The summed E-state index contributed by atoms with van der Waals surface area (Å²) in [6.07, 6.45) is 29.9. The maximum atomic E-state index is 12.8. The predicted octanol–water partition coefficient (Wildman–Crippen LogP) is 10.3. The van der Waals surface area contributed by atoms with Gasteiger partial charge in [-0.25, -0.2) is 4.57 Å². The molecule has 0 saturated heterocycles. The number of carbonyl (C=O) groups is 1. The van der Waals surface area contributed by atoms with Crippen molar-refractivity contribution in [2.45, 2.75) is 262 Å². The fraction of sp³-hybridized carbons (Fsp3) is 0.936. The first kappa shape index (κ1) is 57.1. The molecule has 0 bridgehead atoms. The van der Waals surface area contributed by atoms with Crippen LogP contribution in [0.15, 0.2) is 12.2 Å². The molecule has 6 atom stereocenters. The Balaban J connectivity index is 2.36. The van der Waals surface area contributed by atoms with Crippen LogP contribution in [-0.2, 0) is 27.9 Å². The molecule has 13 heteroatoms. The molecule has 0 aromatic heterocycles. The van der Waals surface area contributed by atoms with Crippen molar-refractivity contribution in [3.63, 3.8) is 0 Å². The third kappa shape index (κ3) is 30.2. The summed E-state index contributed by atoms with van der Waals surface area (Å²) in [4.78, 5) is 23.2. The number of unbranched alkanes of at least 4 members (excludes halogenated alkanes) is 28. The molecule has 356 valence electrons. The molecule has 0 radical (unpaired) electrons. The normalized spacial score (nSPS) is 22.3.